The van der Waals surface area contributed by atoms with E-state index in [2.05, 4.69) is 6.07 Å². The summed E-state index contributed by atoms with van der Waals surface area (Å²) in [6, 6.07) is 5.61. The van der Waals surface area contributed by atoms with E-state index in [4.69, 9.17) is 4.74 Å². The van der Waals surface area contributed by atoms with Gasteiger partial charge in [0.05, 0.1) is 31.3 Å². The van der Waals surface area contributed by atoms with Crippen molar-refractivity contribution >= 4 is 5.97 Å². The Morgan fingerprint density at radius 3 is 2.56 bits per heavy atom. The molecule has 1 rings (SSSR count). The van der Waals surface area contributed by atoms with E-state index in [1.165, 1.54) is 0 Å². The number of carbonyl (C=O) groups excluding carboxylic acids is 1. The molecule has 0 spiro atoms. The van der Waals surface area contributed by atoms with Crippen molar-refractivity contribution in [3.8, 4) is 6.07 Å². The van der Waals surface area contributed by atoms with Crippen LogP contribution in [-0.2, 0) is 29.0 Å². The van der Waals surface area contributed by atoms with Gasteiger partial charge in [-0.05, 0) is 30.0 Å². The summed E-state index contributed by atoms with van der Waals surface area (Å²) in [4.78, 5) is 11.5. The van der Waals surface area contributed by atoms with E-state index in [0.717, 1.165) is 5.56 Å². The lowest BCUT2D eigenvalue weighted by molar-refractivity contribution is -0.142. The minimum atomic E-state index is -0.355. The van der Waals surface area contributed by atoms with Gasteiger partial charge in [0, 0.05) is 0 Å². The molecule has 0 saturated carbocycles. The minimum Gasteiger partial charge on any atom is -0.466 e. The Balaban J connectivity index is 3.15. The van der Waals surface area contributed by atoms with Crippen LogP contribution in [0.15, 0.2) is 12.1 Å². The van der Waals surface area contributed by atoms with Crippen molar-refractivity contribution in [2.75, 3.05) is 6.61 Å². The van der Waals surface area contributed by atoms with Crippen LogP contribution in [0.1, 0.15) is 36.1 Å². The minimum absolute atomic E-state index is 0.0670. The number of hydrogen-bond acceptors (Lipinski definition) is 4. The zero-order valence-electron chi connectivity index (χ0n) is 10.7. The van der Waals surface area contributed by atoms with Gasteiger partial charge in [0.25, 0.3) is 0 Å². The molecular formula is C14H17NO3. The summed E-state index contributed by atoms with van der Waals surface area (Å²) in [7, 11) is 0. The summed E-state index contributed by atoms with van der Waals surface area (Å²) < 4.78 is 4.88. The fourth-order valence-corrected chi connectivity index (χ4v) is 1.86. The van der Waals surface area contributed by atoms with Crippen molar-refractivity contribution in [1.82, 2.24) is 0 Å². The molecule has 0 atom stereocenters. The normalized spacial score (nSPS) is 9.89. The second-order valence-electron chi connectivity index (χ2n) is 3.89. The first-order chi connectivity index (χ1) is 8.65. The van der Waals surface area contributed by atoms with E-state index >= 15 is 0 Å². The number of nitrogens with zero attached hydrogens (tertiary/aromatic N) is 1. The fourth-order valence-electron chi connectivity index (χ4n) is 1.86. The Morgan fingerprint density at radius 1 is 1.39 bits per heavy atom. The molecule has 0 aromatic heterocycles. The van der Waals surface area contributed by atoms with Crippen LogP contribution < -0.4 is 0 Å². The highest BCUT2D eigenvalue weighted by Crippen LogP contribution is 2.19. The van der Waals surface area contributed by atoms with Crippen LogP contribution in [-0.4, -0.2) is 17.7 Å². The van der Waals surface area contributed by atoms with Crippen LogP contribution in [0.5, 0.6) is 0 Å². The van der Waals surface area contributed by atoms with Gasteiger partial charge >= 0.3 is 5.97 Å². The molecule has 0 aliphatic carbocycles. The van der Waals surface area contributed by atoms with Crippen molar-refractivity contribution in [2.45, 2.75) is 33.3 Å². The number of nitriles is 1. The monoisotopic (exact) mass is 247 g/mol. The molecule has 0 aliphatic rings. The third kappa shape index (κ3) is 3.31. The lowest BCUT2D eigenvalue weighted by atomic mass is 9.95. The molecule has 0 saturated heterocycles. The van der Waals surface area contributed by atoms with Crippen molar-refractivity contribution in [3.05, 3.63) is 34.4 Å². The number of aliphatic hydroxyl groups excluding tert-OH is 1. The molecule has 4 heteroatoms. The maximum Gasteiger partial charge on any atom is 0.310 e. The first-order valence-electron chi connectivity index (χ1n) is 5.97. The second-order valence-corrected chi connectivity index (χ2v) is 3.89. The number of ether oxygens (including phenoxy) is 1. The molecule has 18 heavy (non-hydrogen) atoms. The number of rotatable bonds is 5. The molecule has 0 bridgehead atoms. The van der Waals surface area contributed by atoms with Gasteiger partial charge in [-0.1, -0.05) is 19.1 Å². The second kappa shape index (κ2) is 6.77. The van der Waals surface area contributed by atoms with E-state index < -0.39 is 0 Å². The van der Waals surface area contributed by atoms with Crippen LogP contribution in [0.2, 0.25) is 0 Å². The van der Waals surface area contributed by atoms with Gasteiger partial charge in [-0.25, -0.2) is 0 Å². The maximum absolute atomic E-state index is 11.5. The number of benzene rings is 1. The highest BCUT2D eigenvalue weighted by molar-refractivity contribution is 5.74. The van der Waals surface area contributed by atoms with E-state index in [-0.39, 0.29) is 19.0 Å². The third-order valence-electron chi connectivity index (χ3n) is 2.68. The highest BCUT2D eigenvalue weighted by atomic mass is 16.5. The average Bonchev–Trinajstić information content (AvgIpc) is 2.37. The first kappa shape index (κ1) is 14.2. The highest BCUT2D eigenvalue weighted by Gasteiger charge is 2.13. The molecule has 0 amide bonds. The van der Waals surface area contributed by atoms with Crippen molar-refractivity contribution in [3.63, 3.8) is 0 Å². The third-order valence-corrected chi connectivity index (χ3v) is 2.68. The summed E-state index contributed by atoms with van der Waals surface area (Å²) in [6.07, 6.45) is 0.754. The van der Waals surface area contributed by atoms with Gasteiger partial charge in [-0.15, -0.1) is 0 Å². The zero-order valence-corrected chi connectivity index (χ0v) is 10.7. The molecule has 0 heterocycles. The molecule has 0 unspecified atom stereocenters. The largest absolute Gasteiger partial charge is 0.466 e. The van der Waals surface area contributed by atoms with Crippen molar-refractivity contribution in [1.29, 1.82) is 5.26 Å². The molecule has 96 valence electrons. The first-order valence-corrected chi connectivity index (χ1v) is 5.97. The number of aryl methyl sites for hydroxylation is 1. The zero-order chi connectivity index (χ0) is 13.5. The lowest BCUT2D eigenvalue weighted by Gasteiger charge is -2.10. The van der Waals surface area contributed by atoms with Gasteiger partial charge in [-0.3, -0.25) is 4.79 Å². The van der Waals surface area contributed by atoms with Gasteiger partial charge in [0.1, 0.15) is 0 Å². The summed E-state index contributed by atoms with van der Waals surface area (Å²) in [5, 5.41) is 18.4. The van der Waals surface area contributed by atoms with E-state index in [1.54, 1.807) is 19.1 Å². The Kier molecular flexibility index (Phi) is 5.34. The van der Waals surface area contributed by atoms with E-state index in [9.17, 15) is 15.2 Å². The van der Waals surface area contributed by atoms with Crippen LogP contribution in [0, 0.1) is 11.3 Å². The molecule has 4 nitrogen and oxygen atoms in total. The number of hydrogen-bond donors (Lipinski definition) is 1. The standard InChI is InChI=1S/C14H17NO3/c1-3-11-5-10(9-16)6-12(13(11)8-15)7-14(17)18-4-2/h5-6,16H,3-4,7,9H2,1-2H3. The fraction of sp³-hybridized carbons (Fsp3) is 0.429. The van der Waals surface area contributed by atoms with Gasteiger partial charge < -0.3 is 9.84 Å². The van der Waals surface area contributed by atoms with Crippen LogP contribution in [0.25, 0.3) is 0 Å². The molecule has 0 radical (unpaired) electrons. The predicted octanol–water partition coefficient (Wildman–Crippen LogP) is 1.72. The topological polar surface area (TPSA) is 70.3 Å². The van der Waals surface area contributed by atoms with Crippen LogP contribution >= 0.6 is 0 Å². The summed E-state index contributed by atoms with van der Waals surface area (Å²) >= 11 is 0. The molecule has 1 aromatic carbocycles. The van der Waals surface area contributed by atoms with Crippen LogP contribution in [0.3, 0.4) is 0 Å². The molecule has 0 fully saturated rings. The number of carbonyl (C=O) groups is 1. The smallest absolute Gasteiger partial charge is 0.310 e. The molecule has 1 aromatic rings. The molecular weight excluding hydrogens is 230 g/mol. The Morgan fingerprint density at radius 2 is 2.06 bits per heavy atom. The van der Waals surface area contributed by atoms with E-state index in [0.29, 0.717) is 29.7 Å². The van der Waals surface area contributed by atoms with E-state index in [1.807, 2.05) is 6.92 Å². The lowest BCUT2D eigenvalue weighted by Crippen LogP contribution is -2.10. The summed E-state index contributed by atoms with van der Waals surface area (Å²) in [5.74, 6) is -0.355. The Bertz CT molecular complexity index is 475. The summed E-state index contributed by atoms with van der Waals surface area (Å²) in [6.45, 7) is 3.89. The molecule has 1 N–H and O–H groups in total. The Hall–Kier alpha value is -1.86. The van der Waals surface area contributed by atoms with Crippen LogP contribution in [0.4, 0.5) is 0 Å². The Labute approximate surface area is 107 Å². The van der Waals surface area contributed by atoms with Gasteiger partial charge in [0.15, 0.2) is 0 Å². The molecule has 0 aliphatic heterocycles. The van der Waals surface area contributed by atoms with Crippen molar-refractivity contribution < 1.29 is 14.6 Å². The average molecular weight is 247 g/mol. The SMILES string of the molecule is CCOC(=O)Cc1cc(CO)cc(CC)c1C#N. The van der Waals surface area contributed by atoms with Crippen molar-refractivity contribution in [2.24, 2.45) is 0 Å². The quantitative estimate of drug-likeness (QED) is 0.804. The van der Waals surface area contributed by atoms with Gasteiger partial charge in [0.2, 0.25) is 0 Å². The summed E-state index contributed by atoms with van der Waals surface area (Å²) in [5.41, 5.74) is 2.70. The maximum atomic E-state index is 11.5. The number of esters is 1. The predicted molar refractivity (Wildman–Crippen MR) is 66.8 cm³/mol. The van der Waals surface area contributed by atoms with Gasteiger partial charge in [-0.2, -0.15) is 5.26 Å². The number of aliphatic hydroxyl groups is 1.